The van der Waals surface area contributed by atoms with Gasteiger partial charge >= 0.3 is 5.76 Å². The molecule has 2 rings (SSSR count). The molecule has 0 spiro atoms. The summed E-state index contributed by atoms with van der Waals surface area (Å²) in [4.78, 5) is 13.7. The highest BCUT2D eigenvalue weighted by atomic mass is 32.2. The number of aromatic amines is 1. The first-order valence-corrected chi connectivity index (χ1v) is 7.84. The molecule has 0 aliphatic rings. The third-order valence-electron chi connectivity index (χ3n) is 2.98. The molecule has 1 heterocycles. The molecule has 0 saturated carbocycles. The van der Waals surface area contributed by atoms with Crippen molar-refractivity contribution in [3.05, 3.63) is 28.7 Å². The third kappa shape index (κ3) is 2.51. The maximum Gasteiger partial charge on any atom is 0.417 e. The van der Waals surface area contributed by atoms with Crippen LogP contribution < -0.4 is 5.76 Å². The molecule has 0 radical (unpaired) electrons. The fourth-order valence-electron chi connectivity index (χ4n) is 2.36. The lowest BCUT2D eigenvalue weighted by Gasteiger charge is -2.29. The number of aromatic nitrogens is 1. The van der Waals surface area contributed by atoms with Crippen LogP contribution in [0.15, 0.2) is 32.3 Å². The van der Waals surface area contributed by atoms with Crippen LogP contribution in [-0.2, 0) is 10.0 Å². The maximum atomic E-state index is 12.7. The Morgan fingerprint density at radius 1 is 1.15 bits per heavy atom. The van der Waals surface area contributed by atoms with Crippen molar-refractivity contribution < 1.29 is 12.8 Å². The van der Waals surface area contributed by atoms with E-state index in [2.05, 4.69) is 4.98 Å². The lowest BCUT2D eigenvalue weighted by Crippen LogP contribution is -2.41. The summed E-state index contributed by atoms with van der Waals surface area (Å²) < 4.78 is 31.6. The standard InChI is InChI=1S/C13H18N2O4S/c1-8(2)15(9(3)4)20(17,18)10-5-6-12-11(7-10)14-13(16)19-12/h5-9H,1-4H3,(H,14,16). The number of hydrogen-bond acceptors (Lipinski definition) is 4. The van der Waals surface area contributed by atoms with Gasteiger partial charge in [-0.25, -0.2) is 13.2 Å². The Morgan fingerprint density at radius 2 is 1.75 bits per heavy atom. The molecule has 0 aliphatic heterocycles. The Morgan fingerprint density at radius 3 is 2.30 bits per heavy atom. The van der Waals surface area contributed by atoms with E-state index in [0.29, 0.717) is 11.1 Å². The van der Waals surface area contributed by atoms with Crippen molar-refractivity contribution in [3.63, 3.8) is 0 Å². The molecule has 0 unspecified atom stereocenters. The van der Waals surface area contributed by atoms with Crippen LogP contribution in [0.25, 0.3) is 11.1 Å². The van der Waals surface area contributed by atoms with E-state index in [-0.39, 0.29) is 17.0 Å². The molecular formula is C13H18N2O4S. The van der Waals surface area contributed by atoms with Crippen molar-refractivity contribution in [3.8, 4) is 0 Å². The van der Waals surface area contributed by atoms with Crippen LogP contribution in [0, 0.1) is 0 Å². The van der Waals surface area contributed by atoms with Crippen LogP contribution >= 0.6 is 0 Å². The number of nitrogens with one attached hydrogen (secondary N) is 1. The van der Waals surface area contributed by atoms with Crippen LogP contribution in [0.3, 0.4) is 0 Å². The molecule has 0 amide bonds. The first-order chi connectivity index (χ1) is 9.23. The molecular weight excluding hydrogens is 280 g/mol. The van der Waals surface area contributed by atoms with E-state index in [1.165, 1.54) is 22.5 Å². The second-order valence-electron chi connectivity index (χ2n) is 5.19. The van der Waals surface area contributed by atoms with Gasteiger partial charge in [0.1, 0.15) is 0 Å². The minimum Gasteiger partial charge on any atom is -0.408 e. The fourth-order valence-corrected chi connectivity index (χ4v) is 4.23. The zero-order valence-corrected chi connectivity index (χ0v) is 12.7. The van der Waals surface area contributed by atoms with Crippen LogP contribution in [0.5, 0.6) is 0 Å². The zero-order valence-electron chi connectivity index (χ0n) is 11.9. The monoisotopic (exact) mass is 298 g/mol. The minimum atomic E-state index is -3.61. The molecule has 0 fully saturated rings. The van der Waals surface area contributed by atoms with Gasteiger partial charge in [-0.2, -0.15) is 4.31 Å². The van der Waals surface area contributed by atoms with Crippen molar-refractivity contribution in [1.82, 2.24) is 9.29 Å². The first kappa shape index (κ1) is 14.8. The smallest absolute Gasteiger partial charge is 0.408 e. The number of benzene rings is 1. The highest BCUT2D eigenvalue weighted by Crippen LogP contribution is 2.23. The molecule has 1 N–H and O–H groups in total. The molecule has 0 bridgehead atoms. The van der Waals surface area contributed by atoms with Crippen LogP contribution in [0.2, 0.25) is 0 Å². The van der Waals surface area contributed by atoms with Crippen molar-refractivity contribution in [2.75, 3.05) is 0 Å². The lowest BCUT2D eigenvalue weighted by molar-refractivity contribution is 0.302. The van der Waals surface area contributed by atoms with E-state index in [1.807, 2.05) is 27.7 Å². The molecule has 6 nitrogen and oxygen atoms in total. The molecule has 0 atom stereocenters. The van der Waals surface area contributed by atoms with Crippen molar-refractivity contribution in [2.45, 2.75) is 44.7 Å². The van der Waals surface area contributed by atoms with Gasteiger partial charge < -0.3 is 4.42 Å². The van der Waals surface area contributed by atoms with E-state index in [0.717, 1.165) is 0 Å². The van der Waals surface area contributed by atoms with Gasteiger partial charge in [0.2, 0.25) is 10.0 Å². The van der Waals surface area contributed by atoms with Gasteiger partial charge in [0.15, 0.2) is 5.58 Å². The summed E-state index contributed by atoms with van der Waals surface area (Å²) >= 11 is 0. The molecule has 2 aromatic rings. The van der Waals surface area contributed by atoms with Crippen molar-refractivity contribution in [1.29, 1.82) is 0 Å². The molecule has 7 heteroatoms. The highest BCUT2D eigenvalue weighted by molar-refractivity contribution is 7.89. The third-order valence-corrected chi connectivity index (χ3v) is 5.23. The summed E-state index contributed by atoms with van der Waals surface area (Å²) in [5, 5.41) is 0. The number of H-pyrrole nitrogens is 1. The van der Waals surface area contributed by atoms with E-state index in [1.54, 1.807) is 0 Å². The van der Waals surface area contributed by atoms with E-state index >= 15 is 0 Å². The fraction of sp³-hybridized carbons (Fsp3) is 0.462. The number of hydrogen-bond donors (Lipinski definition) is 1. The predicted octanol–water partition coefficient (Wildman–Crippen LogP) is 1.93. The van der Waals surface area contributed by atoms with Gasteiger partial charge in [0.05, 0.1) is 10.4 Å². The number of sulfonamides is 1. The Kier molecular flexibility index (Phi) is 3.75. The molecule has 20 heavy (non-hydrogen) atoms. The summed E-state index contributed by atoms with van der Waals surface area (Å²) in [6, 6.07) is 4.05. The second-order valence-corrected chi connectivity index (χ2v) is 7.04. The second kappa shape index (κ2) is 5.06. The number of fused-ring (bicyclic) bond motifs is 1. The summed E-state index contributed by atoms with van der Waals surface area (Å²) in [6.07, 6.45) is 0. The molecule has 110 valence electrons. The first-order valence-electron chi connectivity index (χ1n) is 6.40. The Hall–Kier alpha value is -1.60. The summed E-state index contributed by atoms with van der Waals surface area (Å²) in [6.45, 7) is 7.32. The lowest BCUT2D eigenvalue weighted by atomic mass is 10.3. The molecule has 1 aromatic heterocycles. The predicted molar refractivity (Wildman–Crippen MR) is 76.1 cm³/mol. The van der Waals surface area contributed by atoms with Gasteiger partial charge in [-0.3, -0.25) is 4.98 Å². The van der Waals surface area contributed by atoms with E-state index in [4.69, 9.17) is 4.42 Å². The normalized spacial score (nSPS) is 12.9. The average molecular weight is 298 g/mol. The van der Waals surface area contributed by atoms with Gasteiger partial charge in [-0.05, 0) is 45.9 Å². The van der Waals surface area contributed by atoms with Crippen LogP contribution in [-0.4, -0.2) is 29.8 Å². The molecule has 0 aliphatic carbocycles. The quantitative estimate of drug-likeness (QED) is 0.934. The van der Waals surface area contributed by atoms with Crippen LogP contribution in [0.1, 0.15) is 27.7 Å². The summed E-state index contributed by atoms with van der Waals surface area (Å²) in [5.41, 5.74) is 0.720. The van der Waals surface area contributed by atoms with Crippen molar-refractivity contribution >= 4 is 21.1 Å². The topological polar surface area (TPSA) is 83.4 Å². The Bertz CT molecular complexity index is 763. The van der Waals surface area contributed by atoms with Gasteiger partial charge in [0.25, 0.3) is 0 Å². The van der Waals surface area contributed by atoms with E-state index < -0.39 is 15.8 Å². The average Bonchev–Trinajstić information content (AvgIpc) is 2.65. The zero-order chi connectivity index (χ0) is 15.1. The number of oxazole rings is 1. The summed E-state index contributed by atoms with van der Waals surface area (Å²) in [7, 11) is -3.61. The highest BCUT2D eigenvalue weighted by Gasteiger charge is 2.29. The maximum absolute atomic E-state index is 12.7. The van der Waals surface area contributed by atoms with E-state index in [9.17, 15) is 13.2 Å². The van der Waals surface area contributed by atoms with Gasteiger partial charge in [-0.15, -0.1) is 0 Å². The number of nitrogens with zero attached hydrogens (tertiary/aromatic N) is 1. The largest absolute Gasteiger partial charge is 0.417 e. The minimum absolute atomic E-state index is 0.143. The Labute approximate surface area is 117 Å². The molecule has 0 saturated heterocycles. The summed E-state index contributed by atoms with van der Waals surface area (Å²) in [5.74, 6) is -0.598. The Balaban J connectivity index is 2.58. The number of rotatable bonds is 4. The SMILES string of the molecule is CC(C)N(C(C)C)S(=O)(=O)c1ccc2oc(=O)[nH]c2c1. The van der Waals surface area contributed by atoms with Gasteiger partial charge in [-0.1, -0.05) is 0 Å². The molecule has 1 aromatic carbocycles. The van der Waals surface area contributed by atoms with Gasteiger partial charge in [0, 0.05) is 12.1 Å². The van der Waals surface area contributed by atoms with Crippen LogP contribution in [0.4, 0.5) is 0 Å². The van der Waals surface area contributed by atoms with Crippen molar-refractivity contribution in [2.24, 2.45) is 0 Å².